The zero-order chi connectivity index (χ0) is 22.8. The van der Waals surface area contributed by atoms with Crippen LogP contribution in [0.15, 0.2) is 65.7 Å². The number of aryl methyl sites for hydroxylation is 3. The second-order valence-electron chi connectivity index (χ2n) is 8.22. The molecule has 0 atom stereocenters. The number of amides is 1. The average molecular weight is 438 g/mol. The predicted octanol–water partition coefficient (Wildman–Crippen LogP) is 4.47. The average Bonchev–Trinajstić information content (AvgIpc) is 2.69. The number of anilines is 1. The standard InChI is InChI=1S/C24H27N3O3S/c1-16-6-12-21(13-7-16)27-31(29,30)22-14-19(10-8-17(22)2)23(28)26-24(4,5)20-11-9-18(3)25-15-20/h6-15,27H,1-5H3,(H,26,28). The summed E-state index contributed by atoms with van der Waals surface area (Å²) in [6.07, 6.45) is 1.73. The van der Waals surface area contributed by atoms with E-state index in [1.807, 2.05) is 52.0 Å². The summed E-state index contributed by atoms with van der Waals surface area (Å²) in [5.41, 5.74) is 3.38. The van der Waals surface area contributed by atoms with Gasteiger partial charge in [0.25, 0.3) is 15.9 Å². The van der Waals surface area contributed by atoms with E-state index in [0.717, 1.165) is 16.8 Å². The van der Waals surface area contributed by atoms with Crippen LogP contribution in [0.2, 0.25) is 0 Å². The number of hydrogen-bond donors (Lipinski definition) is 2. The largest absolute Gasteiger partial charge is 0.343 e. The van der Waals surface area contributed by atoms with Crippen molar-refractivity contribution in [2.75, 3.05) is 4.72 Å². The van der Waals surface area contributed by atoms with Crippen molar-refractivity contribution in [1.29, 1.82) is 0 Å². The van der Waals surface area contributed by atoms with Gasteiger partial charge in [0.05, 0.1) is 10.4 Å². The van der Waals surface area contributed by atoms with Gasteiger partial charge in [-0.15, -0.1) is 0 Å². The highest BCUT2D eigenvalue weighted by Gasteiger charge is 2.25. The Bertz CT molecular complexity index is 1200. The van der Waals surface area contributed by atoms with E-state index in [-0.39, 0.29) is 16.4 Å². The number of hydrogen-bond acceptors (Lipinski definition) is 4. The number of carbonyl (C=O) groups is 1. The maximum atomic E-state index is 13.0. The summed E-state index contributed by atoms with van der Waals surface area (Å²) in [7, 11) is -3.85. The van der Waals surface area contributed by atoms with Crippen molar-refractivity contribution in [1.82, 2.24) is 10.3 Å². The highest BCUT2D eigenvalue weighted by atomic mass is 32.2. The number of nitrogens with zero attached hydrogens (tertiary/aromatic N) is 1. The van der Waals surface area contributed by atoms with Gasteiger partial charge >= 0.3 is 0 Å². The molecule has 0 saturated heterocycles. The zero-order valence-electron chi connectivity index (χ0n) is 18.4. The van der Waals surface area contributed by atoms with Crippen molar-refractivity contribution in [3.05, 3.63) is 88.7 Å². The molecule has 0 aliphatic rings. The first-order valence-electron chi connectivity index (χ1n) is 9.94. The Morgan fingerprint density at radius 1 is 0.935 bits per heavy atom. The summed E-state index contributed by atoms with van der Waals surface area (Å²) >= 11 is 0. The molecule has 1 heterocycles. The van der Waals surface area contributed by atoms with E-state index in [0.29, 0.717) is 11.3 Å². The summed E-state index contributed by atoms with van der Waals surface area (Å²) in [5.74, 6) is -0.364. The smallest absolute Gasteiger partial charge is 0.262 e. The molecule has 7 heteroatoms. The molecule has 0 aliphatic heterocycles. The Hall–Kier alpha value is -3.19. The number of benzene rings is 2. The molecule has 0 unspecified atom stereocenters. The van der Waals surface area contributed by atoms with Crippen LogP contribution in [0.4, 0.5) is 5.69 Å². The van der Waals surface area contributed by atoms with Gasteiger partial charge in [-0.1, -0.05) is 29.8 Å². The van der Waals surface area contributed by atoms with Crippen molar-refractivity contribution in [2.45, 2.75) is 45.1 Å². The minimum absolute atomic E-state index is 0.0653. The number of pyridine rings is 1. The molecule has 6 nitrogen and oxygen atoms in total. The van der Waals surface area contributed by atoms with E-state index >= 15 is 0 Å². The van der Waals surface area contributed by atoms with Crippen LogP contribution >= 0.6 is 0 Å². The third-order valence-corrected chi connectivity index (χ3v) is 6.63. The molecule has 0 radical (unpaired) electrons. The van der Waals surface area contributed by atoms with Crippen LogP contribution in [0.3, 0.4) is 0 Å². The Labute approximate surface area is 183 Å². The van der Waals surface area contributed by atoms with Crippen LogP contribution in [0.25, 0.3) is 0 Å². The van der Waals surface area contributed by atoms with Crippen LogP contribution in [0, 0.1) is 20.8 Å². The topological polar surface area (TPSA) is 88.2 Å². The molecule has 1 aromatic heterocycles. The lowest BCUT2D eigenvalue weighted by Crippen LogP contribution is -2.41. The SMILES string of the molecule is Cc1ccc(NS(=O)(=O)c2cc(C(=O)NC(C)(C)c3ccc(C)nc3)ccc2C)cc1. The van der Waals surface area contributed by atoms with E-state index in [1.165, 1.54) is 6.07 Å². The van der Waals surface area contributed by atoms with E-state index in [4.69, 9.17) is 0 Å². The Kier molecular flexibility index (Phi) is 6.18. The number of rotatable bonds is 6. The second kappa shape index (κ2) is 8.51. The van der Waals surface area contributed by atoms with Crippen molar-refractivity contribution >= 4 is 21.6 Å². The van der Waals surface area contributed by atoms with Gasteiger partial charge in [-0.25, -0.2) is 8.42 Å². The molecule has 162 valence electrons. The van der Waals surface area contributed by atoms with Crippen molar-refractivity contribution in [2.24, 2.45) is 0 Å². The maximum Gasteiger partial charge on any atom is 0.262 e. The first kappa shape index (κ1) is 22.5. The van der Waals surface area contributed by atoms with Crippen LogP contribution in [0.1, 0.15) is 46.6 Å². The Morgan fingerprint density at radius 3 is 2.23 bits per heavy atom. The van der Waals surface area contributed by atoms with Gasteiger partial charge in [0.1, 0.15) is 0 Å². The molecule has 2 aromatic carbocycles. The molecule has 0 saturated carbocycles. The predicted molar refractivity (Wildman–Crippen MR) is 123 cm³/mol. The van der Waals surface area contributed by atoms with Gasteiger partial charge in [-0.2, -0.15) is 0 Å². The lowest BCUT2D eigenvalue weighted by atomic mass is 9.95. The highest BCUT2D eigenvalue weighted by Crippen LogP contribution is 2.23. The summed E-state index contributed by atoms with van der Waals surface area (Å²) in [5, 5.41) is 2.97. The lowest BCUT2D eigenvalue weighted by molar-refractivity contribution is 0.0911. The summed E-state index contributed by atoms with van der Waals surface area (Å²) in [6.45, 7) is 9.28. The molecule has 0 fully saturated rings. The maximum absolute atomic E-state index is 13.0. The Morgan fingerprint density at radius 2 is 1.61 bits per heavy atom. The monoisotopic (exact) mass is 437 g/mol. The third-order valence-electron chi connectivity index (χ3n) is 5.10. The van der Waals surface area contributed by atoms with Gasteiger partial charge in [0, 0.05) is 23.1 Å². The molecular weight excluding hydrogens is 410 g/mol. The van der Waals surface area contributed by atoms with Crippen LogP contribution in [0.5, 0.6) is 0 Å². The van der Waals surface area contributed by atoms with Gasteiger partial charge in [0.2, 0.25) is 0 Å². The molecule has 3 rings (SSSR count). The van der Waals surface area contributed by atoms with Crippen molar-refractivity contribution < 1.29 is 13.2 Å². The molecule has 0 spiro atoms. The minimum atomic E-state index is -3.85. The fourth-order valence-electron chi connectivity index (χ4n) is 3.13. The molecular formula is C24H27N3O3S. The van der Waals surface area contributed by atoms with Gasteiger partial charge in [-0.3, -0.25) is 14.5 Å². The van der Waals surface area contributed by atoms with Crippen LogP contribution in [-0.4, -0.2) is 19.3 Å². The molecule has 1 amide bonds. The lowest BCUT2D eigenvalue weighted by Gasteiger charge is -2.27. The van der Waals surface area contributed by atoms with E-state index in [1.54, 1.807) is 37.4 Å². The van der Waals surface area contributed by atoms with E-state index in [2.05, 4.69) is 15.0 Å². The minimum Gasteiger partial charge on any atom is -0.343 e. The molecule has 0 aliphatic carbocycles. The van der Waals surface area contributed by atoms with Crippen molar-refractivity contribution in [3.8, 4) is 0 Å². The van der Waals surface area contributed by atoms with Crippen LogP contribution < -0.4 is 10.0 Å². The van der Waals surface area contributed by atoms with E-state index < -0.39 is 15.6 Å². The second-order valence-corrected chi connectivity index (χ2v) is 9.87. The fraction of sp³-hybridized carbons (Fsp3) is 0.250. The fourth-order valence-corrected chi connectivity index (χ4v) is 4.46. The molecule has 3 aromatic rings. The number of aromatic nitrogens is 1. The first-order valence-corrected chi connectivity index (χ1v) is 11.4. The highest BCUT2D eigenvalue weighted by molar-refractivity contribution is 7.92. The normalized spacial score (nSPS) is 11.8. The zero-order valence-corrected chi connectivity index (χ0v) is 19.2. The molecule has 2 N–H and O–H groups in total. The molecule has 31 heavy (non-hydrogen) atoms. The van der Waals surface area contributed by atoms with Gasteiger partial charge < -0.3 is 5.32 Å². The van der Waals surface area contributed by atoms with Crippen LogP contribution in [-0.2, 0) is 15.6 Å². The van der Waals surface area contributed by atoms with Crippen molar-refractivity contribution in [3.63, 3.8) is 0 Å². The summed E-state index contributed by atoms with van der Waals surface area (Å²) < 4.78 is 28.5. The van der Waals surface area contributed by atoms with Gasteiger partial charge in [0.15, 0.2) is 0 Å². The molecule has 0 bridgehead atoms. The summed E-state index contributed by atoms with van der Waals surface area (Å²) in [6, 6.07) is 15.5. The number of nitrogens with one attached hydrogen (secondary N) is 2. The number of carbonyl (C=O) groups excluding carboxylic acids is 1. The van der Waals surface area contributed by atoms with E-state index in [9.17, 15) is 13.2 Å². The quantitative estimate of drug-likeness (QED) is 0.595. The Balaban J connectivity index is 1.86. The number of sulfonamides is 1. The van der Waals surface area contributed by atoms with Gasteiger partial charge in [-0.05, 0) is 76.1 Å². The first-order chi connectivity index (χ1) is 14.5. The summed E-state index contributed by atoms with van der Waals surface area (Å²) in [4.78, 5) is 17.3. The third kappa shape index (κ3) is 5.30.